The second-order valence-corrected chi connectivity index (χ2v) is 6.99. The van der Waals surface area contributed by atoms with Crippen molar-refractivity contribution in [3.8, 4) is 0 Å². The maximum absolute atomic E-state index is 12.4. The van der Waals surface area contributed by atoms with Crippen molar-refractivity contribution >= 4 is 38.9 Å². The van der Waals surface area contributed by atoms with Crippen molar-refractivity contribution in [3.63, 3.8) is 0 Å². The van der Waals surface area contributed by atoms with Gasteiger partial charge < -0.3 is 5.11 Å². The fourth-order valence-electron chi connectivity index (χ4n) is 1.95. The summed E-state index contributed by atoms with van der Waals surface area (Å²) < 4.78 is 27.3. The number of benzene rings is 2. The lowest BCUT2D eigenvalue weighted by atomic mass is 10.1. The van der Waals surface area contributed by atoms with Gasteiger partial charge in [-0.25, -0.2) is 8.42 Å². The summed E-state index contributed by atoms with van der Waals surface area (Å²) in [6.07, 6.45) is 0. The lowest BCUT2D eigenvalue weighted by molar-refractivity contribution is 0.280. The molecular formula is C14H13Cl2NO3S. The summed E-state index contributed by atoms with van der Waals surface area (Å²) in [4.78, 5) is 0.102. The normalized spacial score (nSPS) is 11.4. The minimum Gasteiger partial charge on any atom is -0.392 e. The number of sulfonamides is 1. The van der Waals surface area contributed by atoms with Crippen molar-refractivity contribution in [1.29, 1.82) is 0 Å². The van der Waals surface area contributed by atoms with Gasteiger partial charge >= 0.3 is 0 Å². The highest BCUT2D eigenvalue weighted by Gasteiger charge is 2.18. The molecule has 2 N–H and O–H groups in total. The summed E-state index contributed by atoms with van der Waals surface area (Å²) in [6.45, 7) is 1.42. The average Bonchev–Trinajstić information content (AvgIpc) is 2.36. The molecule has 0 aliphatic rings. The number of aliphatic hydroxyl groups is 1. The minimum absolute atomic E-state index is 0.102. The Morgan fingerprint density at radius 1 is 1.14 bits per heavy atom. The first-order valence-corrected chi connectivity index (χ1v) is 8.25. The molecule has 0 amide bonds. The minimum atomic E-state index is -3.79. The number of hydrogen-bond acceptors (Lipinski definition) is 3. The van der Waals surface area contributed by atoms with Crippen LogP contribution in [0.15, 0.2) is 41.3 Å². The number of aliphatic hydroxyl groups excluding tert-OH is 1. The van der Waals surface area contributed by atoms with E-state index in [1.54, 1.807) is 19.1 Å². The molecule has 4 nitrogen and oxygen atoms in total. The molecule has 0 aromatic heterocycles. The summed E-state index contributed by atoms with van der Waals surface area (Å²) >= 11 is 11.7. The molecule has 0 aliphatic carbocycles. The number of nitrogens with one attached hydrogen (secondary N) is 1. The van der Waals surface area contributed by atoms with Gasteiger partial charge in [-0.05, 0) is 42.3 Å². The Hall–Kier alpha value is -1.27. The number of halogens is 2. The van der Waals surface area contributed by atoms with E-state index in [-0.39, 0.29) is 17.2 Å². The first kappa shape index (κ1) is 16.1. The van der Waals surface area contributed by atoms with Gasteiger partial charge in [0, 0.05) is 10.0 Å². The van der Waals surface area contributed by atoms with Crippen LogP contribution in [0.2, 0.25) is 10.0 Å². The van der Waals surface area contributed by atoms with E-state index in [1.807, 2.05) is 0 Å². The van der Waals surface area contributed by atoms with Gasteiger partial charge in [-0.15, -0.1) is 0 Å². The molecule has 2 rings (SSSR count). The van der Waals surface area contributed by atoms with Crippen LogP contribution >= 0.6 is 23.2 Å². The van der Waals surface area contributed by atoms with E-state index in [2.05, 4.69) is 4.72 Å². The molecule has 0 fully saturated rings. The molecule has 0 bridgehead atoms. The third kappa shape index (κ3) is 3.68. The second kappa shape index (κ2) is 6.23. The quantitative estimate of drug-likeness (QED) is 0.889. The molecule has 0 radical (unpaired) electrons. The Labute approximate surface area is 133 Å². The Morgan fingerprint density at radius 3 is 2.33 bits per heavy atom. The predicted molar refractivity (Wildman–Crippen MR) is 84.4 cm³/mol. The van der Waals surface area contributed by atoms with Gasteiger partial charge in [0.1, 0.15) is 0 Å². The highest BCUT2D eigenvalue weighted by molar-refractivity contribution is 7.92. The maximum atomic E-state index is 12.4. The van der Waals surface area contributed by atoms with E-state index in [0.29, 0.717) is 21.2 Å². The monoisotopic (exact) mass is 345 g/mol. The van der Waals surface area contributed by atoms with Crippen LogP contribution in [0.25, 0.3) is 0 Å². The molecule has 0 saturated carbocycles. The standard InChI is InChI=1S/C14H13Cl2NO3S/c1-9-10(8-18)3-2-4-14(9)21(19,20)17-13-6-11(15)5-12(16)7-13/h2-7,17-18H,8H2,1H3. The first-order valence-electron chi connectivity index (χ1n) is 6.02. The van der Waals surface area contributed by atoms with Gasteiger partial charge in [0.2, 0.25) is 0 Å². The van der Waals surface area contributed by atoms with Crippen LogP contribution in [0.4, 0.5) is 5.69 Å². The Morgan fingerprint density at radius 2 is 1.76 bits per heavy atom. The summed E-state index contributed by atoms with van der Waals surface area (Å²) in [5.41, 5.74) is 1.34. The molecule has 0 aliphatic heterocycles. The average molecular weight is 346 g/mol. The number of anilines is 1. The molecule has 2 aromatic carbocycles. The topological polar surface area (TPSA) is 66.4 Å². The maximum Gasteiger partial charge on any atom is 0.262 e. The molecule has 2 aromatic rings. The Balaban J connectivity index is 2.43. The van der Waals surface area contributed by atoms with Crippen molar-refractivity contribution in [3.05, 3.63) is 57.6 Å². The van der Waals surface area contributed by atoms with Crippen molar-refractivity contribution in [2.75, 3.05) is 4.72 Å². The van der Waals surface area contributed by atoms with E-state index < -0.39 is 10.0 Å². The van der Waals surface area contributed by atoms with Gasteiger partial charge in [-0.2, -0.15) is 0 Å². The molecule has 21 heavy (non-hydrogen) atoms. The van der Waals surface area contributed by atoms with E-state index in [0.717, 1.165) is 0 Å². The molecule has 0 heterocycles. The SMILES string of the molecule is Cc1c(CO)cccc1S(=O)(=O)Nc1cc(Cl)cc(Cl)c1. The molecular weight excluding hydrogens is 333 g/mol. The molecule has 0 spiro atoms. The van der Waals surface area contributed by atoms with E-state index in [1.165, 1.54) is 24.3 Å². The lowest BCUT2D eigenvalue weighted by Crippen LogP contribution is -2.15. The Bertz CT molecular complexity index is 756. The highest BCUT2D eigenvalue weighted by atomic mass is 35.5. The first-order chi connectivity index (χ1) is 9.83. The fraction of sp³-hybridized carbons (Fsp3) is 0.143. The summed E-state index contributed by atoms with van der Waals surface area (Å²) in [5, 5.41) is 9.89. The highest BCUT2D eigenvalue weighted by Crippen LogP contribution is 2.26. The van der Waals surface area contributed by atoms with Gasteiger partial charge in [-0.1, -0.05) is 35.3 Å². The van der Waals surface area contributed by atoms with Crippen LogP contribution in [-0.4, -0.2) is 13.5 Å². The smallest absolute Gasteiger partial charge is 0.262 e. The van der Waals surface area contributed by atoms with E-state index in [9.17, 15) is 13.5 Å². The zero-order valence-corrected chi connectivity index (χ0v) is 13.4. The summed E-state index contributed by atoms with van der Waals surface area (Å²) in [6, 6.07) is 9.18. The third-order valence-electron chi connectivity index (χ3n) is 2.97. The van der Waals surface area contributed by atoms with E-state index >= 15 is 0 Å². The van der Waals surface area contributed by atoms with Gasteiger partial charge in [0.05, 0.1) is 17.2 Å². The zero-order valence-electron chi connectivity index (χ0n) is 11.1. The van der Waals surface area contributed by atoms with Crippen LogP contribution in [0.1, 0.15) is 11.1 Å². The summed E-state index contributed by atoms with van der Waals surface area (Å²) in [7, 11) is -3.79. The number of hydrogen-bond donors (Lipinski definition) is 2. The predicted octanol–water partition coefficient (Wildman–Crippen LogP) is 3.59. The second-order valence-electron chi connectivity index (χ2n) is 4.46. The lowest BCUT2D eigenvalue weighted by Gasteiger charge is -2.13. The molecule has 0 atom stereocenters. The Kier molecular flexibility index (Phi) is 4.78. The van der Waals surface area contributed by atoms with Crippen LogP contribution in [0, 0.1) is 6.92 Å². The molecule has 112 valence electrons. The number of rotatable bonds is 4. The van der Waals surface area contributed by atoms with Crippen LogP contribution in [0.5, 0.6) is 0 Å². The van der Waals surface area contributed by atoms with Crippen LogP contribution in [-0.2, 0) is 16.6 Å². The van der Waals surface area contributed by atoms with Crippen LogP contribution in [0.3, 0.4) is 0 Å². The van der Waals surface area contributed by atoms with Gasteiger partial charge in [0.25, 0.3) is 10.0 Å². The molecule has 0 saturated heterocycles. The van der Waals surface area contributed by atoms with E-state index in [4.69, 9.17) is 23.2 Å². The van der Waals surface area contributed by atoms with Crippen molar-refractivity contribution in [2.45, 2.75) is 18.4 Å². The summed E-state index contributed by atoms with van der Waals surface area (Å²) in [5.74, 6) is 0. The van der Waals surface area contributed by atoms with Crippen molar-refractivity contribution in [2.24, 2.45) is 0 Å². The van der Waals surface area contributed by atoms with Gasteiger partial charge in [-0.3, -0.25) is 4.72 Å². The largest absolute Gasteiger partial charge is 0.392 e. The zero-order chi connectivity index (χ0) is 15.6. The fourth-order valence-corrected chi connectivity index (χ4v) is 3.80. The van der Waals surface area contributed by atoms with Crippen LogP contribution < -0.4 is 4.72 Å². The van der Waals surface area contributed by atoms with Crippen molar-refractivity contribution < 1.29 is 13.5 Å². The third-order valence-corrected chi connectivity index (χ3v) is 4.93. The molecule has 0 unspecified atom stereocenters. The van der Waals surface area contributed by atoms with Gasteiger partial charge in [0.15, 0.2) is 0 Å². The van der Waals surface area contributed by atoms with Crippen molar-refractivity contribution in [1.82, 2.24) is 0 Å². The molecule has 7 heteroatoms.